The lowest BCUT2D eigenvalue weighted by atomic mass is 9.70. The SMILES string of the molecule is CCCNC(=S)NCC1(C)CCC1. The fraction of sp³-hybridized carbons (Fsp3) is 0.900. The maximum absolute atomic E-state index is 5.14. The van der Waals surface area contributed by atoms with Crippen LogP contribution < -0.4 is 10.6 Å². The van der Waals surface area contributed by atoms with Gasteiger partial charge in [-0.15, -0.1) is 0 Å². The monoisotopic (exact) mass is 200 g/mol. The van der Waals surface area contributed by atoms with Gasteiger partial charge >= 0.3 is 0 Å². The second-order valence-corrected chi connectivity index (χ2v) is 4.68. The number of thiocarbonyl (C=S) groups is 1. The van der Waals surface area contributed by atoms with Crippen LogP contribution in [0.5, 0.6) is 0 Å². The first-order valence-corrected chi connectivity index (χ1v) is 5.59. The van der Waals surface area contributed by atoms with E-state index in [4.69, 9.17) is 12.2 Å². The van der Waals surface area contributed by atoms with Crippen molar-refractivity contribution in [3.8, 4) is 0 Å². The minimum atomic E-state index is 0.512. The average molecular weight is 200 g/mol. The molecule has 1 rings (SSSR count). The fourth-order valence-electron chi connectivity index (χ4n) is 1.55. The molecule has 0 atom stereocenters. The van der Waals surface area contributed by atoms with E-state index in [0.717, 1.165) is 24.6 Å². The summed E-state index contributed by atoms with van der Waals surface area (Å²) in [4.78, 5) is 0. The Morgan fingerprint density at radius 3 is 2.54 bits per heavy atom. The van der Waals surface area contributed by atoms with Crippen LogP contribution in [-0.2, 0) is 0 Å². The molecule has 0 radical (unpaired) electrons. The molecule has 0 aromatic rings. The van der Waals surface area contributed by atoms with Crippen molar-refractivity contribution in [1.82, 2.24) is 10.6 Å². The summed E-state index contributed by atoms with van der Waals surface area (Å²) in [6.07, 6.45) is 5.19. The molecule has 2 nitrogen and oxygen atoms in total. The second-order valence-electron chi connectivity index (χ2n) is 4.27. The third-order valence-corrected chi connectivity index (χ3v) is 3.06. The van der Waals surface area contributed by atoms with Crippen molar-refractivity contribution in [2.75, 3.05) is 13.1 Å². The molecule has 0 saturated heterocycles. The molecule has 0 aromatic carbocycles. The predicted octanol–water partition coefficient (Wildman–Crippen LogP) is 2.05. The van der Waals surface area contributed by atoms with Crippen molar-refractivity contribution >= 4 is 17.3 Å². The van der Waals surface area contributed by atoms with Gasteiger partial charge in [0, 0.05) is 13.1 Å². The topological polar surface area (TPSA) is 24.1 Å². The summed E-state index contributed by atoms with van der Waals surface area (Å²) in [5.41, 5.74) is 0.512. The van der Waals surface area contributed by atoms with Crippen molar-refractivity contribution in [3.05, 3.63) is 0 Å². The Bertz CT molecular complexity index is 176. The fourth-order valence-corrected chi connectivity index (χ4v) is 1.73. The molecular weight excluding hydrogens is 180 g/mol. The Morgan fingerprint density at radius 1 is 1.38 bits per heavy atom. The van der Waals surface area contributed by atoms with Gasteiger partial charge in [0.15, 0.2) is 5.11 Å². The van der Waals surface area contributed by atoms with E-state index in [9.17, 15) is 0 Å². The number of rotatable bonds is 4. The van der Waals surface area contributed by atoms with Crippen LogP contribution in [0.2, 0.25) is 0 Å². The zero-order chi connectivity index (χ0) is 9.73. The van der Waals surface area contributed by atoms with Gasteiger partial charge in [-0.25, -0.2) is 0 Å². The minimum absolute atomic E-state index is 0.512. The van der Waals surface area contributed by atoms with Gasteiger partial charge in [-0.1, -0.05) is 20.3 Å². The van der Waals surface area contributed by atoms with Gasteiger partial charge in [0.1, 0.15) is 0 Å². The van der Waals surface area contributed by atoms with Crippen molar-refractivity contribution in [2.24, 2.45) is 5.41 Å². The number of nitrogens with one attached hydrogen (secondary N) is 2. The lowest BCUT2D eigenvalue weighted by molar-refractivity contribution is 0.165. The Morgan fingerprint density at radius 2 is 2.08 bits per heavy atom. The largest absolute Gasteiger partial charge is 0.363 e. The number of hydrogen-bond acceptors (Lipinski definition) is 1. The van der Waals surface area contributed by atoms with Gasteiger partial charge < -0.3 is 10.6 Å². The molecule has 0 bridgehead atoms. The summed E-state index contributed by atoms with van der Waals surface area (Å²) >= 11 is 5.14. The molecule has 1 aliphatic carbocycles. The van der Waals surface area contributed by atoms with Gasteiger partial charge in [0.2, 0.25) is 0 Å². The maximum Gasteiger partial charge on any atom is 0.166 e. The molecule has 0 spiro atoms. The third kappa shape index (κ3) is 3.51. The average Bonchev–Trinajstić information content (AvgIpc) is 2.08. The summed E-state index contributed by atoms with van der Waals surface area (Å²) in [7, 11) is 0. The van der Waals surface area contributed by atoms with Crippen molar-refractivity contribution in [2.45, 2.75) is 39.5 Å². The zero-order valence-corrected chi connectivity index (χ0v) is 9.47. The standard InChI is InChI=1S/C10H20N2S/c1-3-7-11-9(13)12-8-10(2)5-4-6-10/h3-8H2,1-2H3,(H2,11,12,13). The van der Waals surface area contributed by atoms with E-state index in [1.54, 1.807) is 0 Å². The third-order valence-electron chi connectivity index (χ3n) is 2.77. The molecule has 1 fully saturated rings. The van der Waals surface area contributed by atoms with Gasteiger partial charge in [0.25, 0.3) is 0 Å². The van der Waals surface area contributed by atoms with Crippen molar-refractivity contribution in [3.63, 3.8) is 0 Å². The predicted molar refractivity (Wildman–Crippen MR) is 60.9 cm³/mol. The van der Waals surface area contributed by atoms with Gasteiger partial charge in [-0.2, -0.15) is 0 Å². The lowest BCUT2D eigenvalue weighted by Gasteiger charge is -2.38. The maximum atomic E-state index is 5.14. The molecule has 76 valence electrons. The first-order chi connectivity index (χ1) is 6.16. The molecule has 1 saturated carbocycles. The summed E-state index contributed by atoms with van der Waals surface area (Å²) in [6.45, 7) is 6.47. The second kappa shape index (κ2) is 4.80. The van der Waals surface area contributed by atoms with E-state index in [0.29, 0.717) is 5.41 Å². The van der Waals surface area contributed by atoms with E-state index in [-0.39, 0.29) is 0 Å². The molecule has 1 aliphatic rings. The smallest absolute Gasteiger partial charge is 0.166 e. The van der Waals surface area contributed by atoms with Crippen LogP contribution in [0.3, 0.4) is 0 Å². The normalized spacial score (nSPS) is 18.9. The van der Waals surface area contributed by atoms with Crippen LogP contribution in [0.4, 0.5) is 0 Å². The molecule has 0 aromatic heterocycles. The number of hydrogen-bond donors (Lipinski definition) is 2. The molecular formula is C10H20N2S. The van der Waals surface area contributed by atoms with E-state index in [1.807, 2.05) is 0 Å². The molecule has 3 heteroatoms. The first-order valence-electron chi connectivity index (χ1n) is 5.18. The van der Waals surface area contributed by atoms with E-state index in [1.165, 1.54) is 19.3 Å². The molecule has 0 unspecified atom stereocenters. The molecule has 13 heavy (non-hydrogen) atoms. The highest BCUT2D eigenvalue weighted by Crippen LogP contribution is 2.39. The quantitative estimate of drug-likeness (QED) is 0.679. The Kier molecular flexibility index (Phi) is 3.97. The summed E-state index contributed by atoms with van der Waals surface area (Å²) in [5, 5.41) is 7.27. The molecule has 0 aliphatic heterocycles. The van der Waals surface area contributed by atoms with Crippen LogP contribution in [0.15, 0.2) is 0 Å². The molecule has 0 heterocycles. The van der Waals surface area contributed by atoms with Crippen LogP contribution in [0.1, 0.15) is 39.5 Å². The minimum Gasteiger partial charge on any atom is -0.363 e. The highest BCUT2D eigenvalue weighted by molar-refractivity contribution is 7.80. The van der Waals surface area contributed by atoms with E-state index < -0.39 is 0 Å². The van der Waals surface area contributed by atoms with Gasteiger partial charge in [-0.3, -0.25) is 0 Å². The molecule has 2 N–H and O–H groups in total. The zero-order valence-electron chi connectivity index (χ0n) is 8.65. The highest BCUT2D eigenvalue weighted by Gasteiger charge is 2.31. The lowest BCUT2D eigenvalue weighted by Crippen LogP contribution is -2.44. The first kappa shape index (κ1) is 10.8. The Labute approximate surface area is 86.5 Å². The summed E-state index contributed by atoms with van der Waals surface area (Å²) in [6, 6.07) is 0. The summed E-state index contributed by atoms with van der Waals surface area (Å²) in [5.74, 6) is 0. The highest BCUT2D eigenvalue weighted by atomic mass is 32.1. The van der Waals surface area contributed by atoms with Crippen LogP contribution in [-0.4, -0.2) is 18.2 Å². The Hall–Kier alpha value is -0.310. The van der Waals surface area contributed by atoms with E-state index >= 15 is 0 Å². The Balaban J connectivity index is 2.07. The summed E-state index contributed by atoms with van der Waals surface area (Å²) < 4.78 is 0. The van der Waals surface area contributed by atoms with Crippen molar-refractivity contribution in [1.29, 1.82) is 0 Å². The van der Waals surface area contributed by atoms with E-state index in [2.05, 4.69) is 24.5 Å². The van der Waals surface area contributed by atoms with Crippen LogP contribution in [0, 0.1) is 5.41 Å². The van der Waals surface area contributed by atoms with Gasteiger partial charge in [0.05, 0.1) is 0 Å². The van der Waals surface area contributed by atoms with Crippen molar-refractivity contribution < 1.29 is 0 Å². The van der Waals surface area contributed by atoms with Crippen LogP contribution >= 0.6 is 12.2 Å². The van der Waals surface area contributed by atoms with Gasteiger partial charge in [-0.05, 0) is 36.9 Å². The van der Waals surface area contributed by atoms with Crippen LogP contribution in [0.25, 0.3) is 0 Å². The molecule has 0 amide bonds.